The van der Waals surface area contributed by atoms with Crippen molar-refractivity contribution < 1.29 is 5.11 Å². The van der Waals surface area contributed by atoms with Crippen LogP contribution in [-0.4, -0.2) is 5.11 Å². The molecule has 2 rings (SSSR count). The smallest absolute Gasteiger partial charge is 0.106 e. The number of aliphatic hydroxyl groups excluding tert-OH is 1. The Morgan fingerprint density at radius 3 is 2.50 bits per heavy atom. The molecule has 0 radical (unpaired) electrons. The second-order valence-corrected chi connectivity index (χ2v) is 6.26. The van der Waals surface area contributed by atoms with E-state index in [4.69, 9.17) is 23.2 Å². The number of hydrogen-bond donors (Lipinski definition) is 1. The SMILES string of the molecule is CC(C)Cc1cccc(C(O)c2cc(Cl)ccc2Cl)c1. The van der Waals surface area contributed by atoms with Crippen LogP contribution in [0.2, 0.25) is 10.0 Å². The second-order valence-electron chi connectivity index (χ2n) is 5.41. The van der Waals surface area contributed by atoms with Gasteiger partial charge in [-0.05, 0) is 41.7 Å². The highest BCUT2D eigenvalue weighted by atomic mass is 35.5. The van der Waals surface area contributed by atoms with Gasteiger partial charge >= 0.3 is 0 Å². The van der Waals surface area contributed by atoms with Gasteiger partial charge in [-0.3, -0.25) is 0 Å². The highest BCUT2D eigenvalue weighted by Crippen LogP contribution is 2.31. The predicted octanol–water partition coefficient (Wildman–Crippen LogP) is 5.27. The monoisotopic (exact) mass is 308 g/mol. The molecule has 0 aliphatic carbocycles. The molecule has 0 heterocycles. The summed E-state index contributed by atoms with van der Waals surface area (Å²) >= 11 is 12.1. The topological polar surface area (TPSA) is 20.2 Å². The molecule has 0 saturated carbocycles. The minimum absolute atomic E-state index is 0.524. The molecule has 0 aliphatic heterocycles. The standard InChI is InChI=1S/C17H18Cl2O/c1-11(2)8-12-4-3-5-13(9-12)17(20)15-10-14(18)6-7-16(15)19/h3-7,9-11,17,20H,8H2,1-2H3. The first-order valence-corrected chi connectivity index (χ1v) is 7.45. The van der Waals surface area contributed by atoms with Gasteiger partial charge in [0.25, 0.3) is 0 Å². The van der Waals surface area contributed by atoms with Crippen molar-refractivity contribution in [1.82, 2.24) is 0 Å². The lowest BCUT2D eigenvalue weighted by Crippen LogP contribution is -2.02. The number of aliphatic hydroxyl groups is 1. The molecular formula is C17H18Cl2O. The Morgan fingerprint density at radius 1 is 1.05 bits per heavy atom. The zero-order chi connectivity index (χ0) is 14.7. The molecule has 1 N–H and O–H groups in total. The van der Waals surface area contributed by atoms with Crippen LogP contribution in [0.1, 0.15) is 36.6 Å². The highest BCUT2D eigenvalue weighted by Gasteiger charge is 2.15. The van der Waals surface area contributed by atoms with Crippen LogP contribution >= 0.6 is 23.2 Å². The van der Waals surface area contributed by atoms with Crippen molar-refractivity contribution in [2.45, 2.75) is 26.4 Å². The Labute approximate surface area is 130 Å². The third-order valence-corrected chi connectivity index (χ3v) is 3.74. The summed E-state index contributed by atoms with van der Waals surface area (Å²) in [5.74, 6) is 0.581. The van der Waals surface area contributed by atoms with Crippen molar-refractivity contribution in [3.05, 3.63) is 69.2 Å². The van der Waals surface area contributed by atoms with Crippen LogP contribution in [0.3, 0.4) is 0 Å². The van der Waals surface area contributed by atoms with Gasteiger partial charge in [0.1, 0.15) is 6.10 Å². The maximum atomic E-state index is 10.5. The summed E-state index contributed by atoms with van der Waals surface area (Å²) in [6.07, 6.45) is 0.234. The molecule has 0 aromatic heterocycles. The number of halogens is 2. The molecule has 20 heavy (non-hydrogen) atoms. The molecule has 3 heteroatoms. The van der Waals surface area contributed by atoms with E-state index in [0.717, 1.165) is 12.0 Å². The normalized spacial score (nSPS) is 12.7. The van der Waals surface area contributed by atoms with E-state index in [9.17, 15) is 5.11 Å². The summed E-state index contributed by atoms with van der Waals surface area (Å²) < 4.78 is 0. The van der Waals surface area contributed by atoms with Gasteiger partial charge < -0.3 is 5.11 Å². The molecule has 2 aromatic rings. The molecule has 0 fully saturated rings. The third-order valence-electron chi connectivity index (χ3n) is 3.16. The molecule has 1 nitrogen and oxygen atoms in total. The quantitative estimate of drug-likeness (QED) is 0.815. The zero-order valence-corrected chi connectivity index (χ0v) is 13.1. The maximum Gasteiger partial charge on any atom is 0.106 e. The van der Waals surface area contributed by atoms with Crippen LogP contribution in [0.25, 0.3) is 0 Å². The van der Waals surface area contributed by atoms with Crippen LogP contribution in [0.5, 0.6) is 0 Å². The highest BCUT2D eigenvalue weighted by molar-refractivity contribution is 6.33. The van der Waals surface area contributed by atoms with Gasteiger partial charge in [-0.15, -0.1) is 0 Å². The molecule has 1 atom stereocenters. The van der Waals surface area contributed by atoms with Crippen LogP contribution in [0, 0.1) is 5.92 Å². The fourth-order valence-electron chi connectivity index (χ4n) is 2.27. The third kappa shape index (κ3) is 3.76. The summed E-state index contributed by atoms with van der Waals surface area (Å²) in [5, 5.41) is 11.6. The molecule has 1 unspecified atom stereocenters. The van der Waals surface area contributed by atoms with Gasteiger partial charge in [0.15, 0.2) is 0 Å². The van der Waals surface area contributed by atoms with Crippen molar-refractivity contribution in [2.75, 3.05) is 0 Å². The maximum absolute atomic E-state index is 10.5. The van der Waals surface area contributed by atoms with Crippen LogP contribution < -0.4 is 0 Å². The Kier molecular flexibility index (Phi) is 5.09. The largest absolute Gasteiger partial charge is 0.384 e. The molecule has 2 aromatic carbocycles. The average molecular weight is 309 g/mol. The summed E-state index contributed by atoms with van der Waals surface area (Å²) in [6, 6.07) is 13.1. The van der Waals surface area contributed by atoms with Crippen molar-refractivity contribution >= 4 is 23.2 Å². The number of hydrogen-bond acceptors (Lipinski definition) is 1. The first kappa shape index (κ1) is 15.4. The van der Waals surface area contributed by atoms with E-state index in [0.29, 0.717) is 21.5 Å². The molecule has 0 bridgehead atoms. The molecule has 0 spiro atoms. The van der Waals surface area contributed by atoms with E-state index in [2.05, 4.69) is 19.9 Å². The van der Waals surface area contributed by atoms with Crippen LogP contribution in [0.4, 0.5) is 0 Å². The fraction of sp³-hybridized carbons (Fsp3) is 0.294. The minimum atomic E-state index is -0.756. The zero-order valence-electron chi connectivity index (χ0n) is 11.6. The van der Waals surface area contributed by atoms with E-state index in [1.54, 1.807) is 18.2 Å². The Hall–Kier alpha value is -1.02. The molecular weight excluding hydrogens is 291 g/mol. The average Bonchev–Trinajstić information content (AvgIpc) is 2.40. The van der Waals surface area contributed by atoms with Crippen molar-refractivity contribution in [3.8, 4) is 0 Å². The number of benzene rings is 2. The fourth-order valence-corrected chi connectivity index (χ4v) is 2.67. The Morgan fingerprint density at radius 2 is 1.80 bits per heavy atom. The minimum Gasteiger partial charge on any atom is -0.384 e. The van der Waals surface area contributed by atoms with Gasteiger partial charge in [-0.25, -0.2) is 0 Å². The lowest BCUT2D eigenvalue weighted by atomic mass is 9.96. The lowest BCUT2D eigenvalue weighted by Gasteiger charge is -2.15. The van der Waals surface area contributed by atoms with Crippen LogP contribution in [0.15, 0.2) is 42.5 Å². The molecule has 0 amide bonds. The van der Waals surface area contributed by atoms with Gasteiger partial charge in [-0.2, -0.15) is 0 Å². The molecule has 0 aliphatic rings. The van der Waals surface area contributed by atoms with E-state index in [-0.39, 0.29) is 0 Å². The second kappa shape index (κ2) is 6.62. The van der Waals surface area contributed by atoms with Crippen LogP contribution in [-0.2, 0) is 6.42 Å². The van der Waals surface area contributed by atoms with Gasteiger partial charge in [0, 0.05) is 15.6 Å². The van der Waals surface area contributed by atoms with E-state index < -0.39 is 6.10 Å². The first-order chi connectivity index (χ1) is 9.47. The number of rotatable bonds is 4. The van der Waals surface area contributed by atoms with E-state index in [1.807, 2.05) is 18.2 Å². The predicted molar refractivity (Wildman–Crippen MR) is 85.5 cm³/mol. The van der Waals surface area contributed by atoms with E-state index >= 15 is 0 Å². The summed E-state index contributed by atoms with van der Waals surface area (Å²) in [6.45, 7) is 4.36. The van der Waals surface area contributed by atoms with Gasteiger partial charge in [0.2, 0.25) is 0 Å². The molecule has 0 saturated heterocycles. The summed E-state index contributed by atoms with van der Waals surface area (Å²) in [4.78, 5) is 0. The summed E-state index contributed by atoms with van der Waals surface area (Å²) in [7, 11) is 0. The van der Waals surface area contributed by atoms with Gasteiger partial charge in [0.05, 0.1) is 0 Å². The van der Waals surface area contributed by atoms with Gasteiger partial charge in [-0.1, -0.05) is 61.3 Å². The first-order valence-electron chi connectivity index (χ1n) is 6.69. The Bertz CT molecular complexity index is 593. The lowest BCUT2D eigenvalue weighted by molar-refractivity contribution is 0.220. The van der Waals surface area contributed by atoms with Crippen molar-refractivity contribution in [1.29, 1.82) is 0 Å². The molecule has 106 valence electrons. The van der Waals surface area contributed by atoms with Crippen molar-refractivity contribution in [3.63, 3.8) is 0 Å². The van der Waals surface area contributed by atoms with E-state index in [1.165, 1.54) is 5.56 Å². The van der Waals surface area contributed by atoms with Crippen molar-refractivity contribution in [2.24, 2.45) is 5.92 Å². The Balaban J connectivity index is 2.33. The summed E-state index contributed by atoms with van der Waals surface area (Å²) in [5.41, 5.74) is 2.70.